The Morgan fingerprint density at radius 2 is 1.94 bits per heavy atom. The molecule has 17 heavy (non-hydrogen) atoms. The van der Waals surface area contributed by atoms with Crippen LogP contribution in [-0.2, 0) is 0 Å². The second-order valence-corrected chi connectivity index (χ2v) is 6.86. The molecule has 2 rings (SSSR count). The van der Waals surface area contributed by atoms with Gasteiger partial charge in [-0.25, -0.2) is 0 Å². The van der Waals surface area contributed by atoms with Gasteiger partial charge in [-0.2, -0.15) is 0 Å². The Hall–Kier alpha value is -0.0800. The van der Waals surface area contributed by atoms with E-state index in [2.05, 4.69) is 25.7 Å². The standard InChI is InChI=1S/C15H29NO/c1-4-5-10-16(12-6-7-12)13-11-15(2,3)9-8-14(13)17/h12-14,17H,4-11H2,1-3H3. The Morgan fingerprint density at radius 3 is 2.53 bits per heavy atom. The summed E-state index contributed by atoms with van der Waals surface area (Å²) >= 11 is 0. The van der Waals surface area contributed by atoms with Gasteiger partial charge in [-0.15, -0.1) is 0 Å². The van der Waals surface area contributed by atoms with Gasteiger partial charge in [0.1, 0.15) is 0 Å². The SMILES string of the molecule is CCCCN(C1CC1)C1CC(C)(C)CCC1O. The van der Waals surface area contributed by atoms with E-state index in [0.717, 1.165) is 12.5 Å². The minimum atomic E-state index is -0.0829. The summed E-state index contributed by atoms with van der Waals surface area (Å²) in [5, 5.41) is 10.3. The van der Waals surface area contributed by atoms with E-state index in [1.54, 1.807) is 0 Å². The summed E-state index contributed by atoms with van der Waals surface area (Å²) < 4.78 is 0. The van der Waals surface area contributed by atoms with Crippen molar-refractivity contribution in [3.05, 3.63) is 0 Å². The van der Waals surface area contributed by atoms with Crippen molar-refractivity contribution in [1.82, 2.24) is 4.90 Å². The van der Waals surface area contributed by atoms with Crippen LogP contribution in [0, 0.1) is 5.41 Å². The Bertz CT molecular complexity index is 247. The lowest BCUT2D eigenvalue weighted by molar-refractivity contribution is -0.0213. The van der Waals surface area contributed by atoms with Crippen LogP contribution in [0.2, 0.25) is 0 Å². The van der Waals surface area contributed by atoms with E-state index in [9.17, 15) is 5.11 Å². The van der Waals surface area contributed by atoms with Crippen molar-refractivity contribution in [2.24, 2.45) is 5.41 Å². The average Bonchev–Trinajstić information content (AvgIpc) is 3.08. The molecule has 0 saturated heterocycles. The topological polar surface area (TPSA) is 23.5 Å². The van der Waals surface area contributed by atoms with E-state index < -0.39 is 0 Å². The van der Waals surface area contributed by atoms with Crippen LogP contribution < -0.4 is 0 Å². The fourth-order valence-corrected chi connectivity index (χ4v) is 3.24. The molecule has 0 aromatic rings. The van der Waals surface area contributed by atoms with Gasteiger partial charge >= 0.3 is 0 Å². The maximum absolute atomic E-state index is 10.3. The number of hydrogen-bond donors (Lipinski definition) is 1. The maximum Gasteiger partial charge on any atom is 0.0695 e. The van der Waals surface area contributed by atoms with Gasteiger partial charge < -0.3 is 5.11 Å². The molecule has 2 aliphatic rings. The fraction of sp³-hybridized carbons (Fsp3) is 1.00. The highest BCUT2D eigenvalue weighted by Gasteiger charge is 2.41. The second-order valence-electron chi connectivity index (χ2n) is 6.86. The van der Waals surface area contributed by atoms with Crippen molar-refractivity contribution in [2.45, 2.75) is 83.9 Å². The molecule has 0 heterocycles. The molecule has 2 saturated carbocycles. The Morgan fingerprint density at radius 1 is 1.24 bits per heavy atom. The zero-order chi connectivity index (χ0) is 12.5. The highest BCUT2D eigenvalue weighted by Crippen LogP contribution is 2.41. The summed E-state index contributed by atoms with van der Waals surface area (Å²) in [5.41, 5.74) is 0.420. The molecule has 2 heteroatoms. The Balaban J connectivity index is 1.99. The Kier molecular flexibility index (Phi) is 4.14. The molecular formula is C15H29NO. The van der Waals surface area contributed by atoms with Gasteiger partial charge in [0.2, 0.25) is 0 Å². The first-order valence-corrected chi connectivity index (χ1v) is 7.47. The Labute approximate surface area is 106 Å². The molecule has 0 radical (unpaired) electrons. The van der Waals surface area contributed by atoms with Crippen molar-refractivity contribution in [3.8, 4) is 0 Å². The minimum Gasteiger partial charge on any atom is -0.391 e. The molecule has 0 spiro atoms. The summed E-state index contributed by atoms with van der Waals surface area (Å²) in [5.74, 6) is 0. The predicted octanol–water partition coefficient (Wildman–Crippen LogP) is 3.19. The third kappa shape index (κ3) is 3.45. The van der Waals surface area contributed by atoms with Crippen LogP contribution in [-0.4, -0.2) is 34.7 Å². The van der Waals surface area contributed by atoms with Crippen LogP contribution in [0.3, 0.4) is 0 Å². The quantitative estimate of drug-likeness (QED) is 0.796. The highest BCUT2D eigenvalue weighted by atomic mass is 16.3. The first kappa shape index (κ1) is 13.4. The number of nitrogens with zero attached hydrogens (tertiary/aromatic N) is 1. The molecule has 1 N–H and O–H groups in total. The lowest BCUT2D eigenvalue weighted by Gasteiger charge is -2.44. The van der Waals surface area contributed by atoms with E-state index in [1.165, 1.54) is 45.1 Å². The van der Waals surface area contributed by atoms with Gasteiger partial charge in [-0.05, 0) is 50.5 Å². The molecule has 2 fully saturated rings. The monoisotopic (exact) mass is 239 g/mol. The number of aliphatic hydroxyl groups is 1. The molecular weight excluding hydrogens is 210 g/mol. The van der Waals surface area contributed by atoms with Gasteiger partial charge in [0.25, 0.3) is 0 Å². The first-order chi connectivity index (χ1) is 8.03. The second kappa shape index (κ2) is 5.27. The maximum atomic E-state index is 10.3. The van der Waals surface area contributed by atoms with Crippen LogP contribution in [0.25, 0.3) is 0 Å². The van der Waals surface area contributed by atoms with Crippen LogP contribution in [0.4, 0.5) is 0 Å². The zero-order valence-electron chi connectivity index (χ0n) is 11.8. The summed E-state index contributed by atoms with van der Waals surface area (Å²) in [4.78, 5) is 2.63. The third-order valence-corrected chi connectivity index (χ3v) is 4.53. The van der Waals surface area contributed by atoms with Crippen molar-refractivity contribution in [1.29, 1.82) is 0 Å². The van der Waals surface area contributed by atoms with Gasteiger partial charge in [0, 0.05) is 12.1 Å². The number of unbranched alkanes of at least 4 members (excludes halogenated alkanes) is 1. The number of aliphatic hydroxyl groups excluding tert-OH is 1. The molecule has 2 unspecified atom stereocenters. The van der Waals surface area contributed by atoms with E-state index in [1.807, 2.05) is 0 Å². The lowest BCUT2D eigenvalue weighted by Crippen LogP contribution is -2.50. The summed E-state index contributed by atoms with van der Waals surface area (Å²) in [7, 11) is 0. The molecule has 0 aromatic heterocycles. The first-order valence-electron chi connectivity index (χ1n) is 7.47. The van der Waals surface area contributed by atoms with E-state index >= 15 is 0 Å². The number of rotatable bonds is 5. The normalized spacial score (nSPS) is 33.0. The average molecular weight is 239 g/mol. The molecule has 100 valence electrons. The van der Waals surface area contributed by atoms with Gasteiger partial charge in [0.15, 0.2) is 0 Å². The summed E-state index contributed by atoms with van der Waals surface area (Å²) in [6.45, 7) is 8.17. The summed E-state index contributed by atoms with van der Waals surface area (Å²) in [6.07, 6.45) is 8.51. The minimum absolute atomic E-state index is 0.0829. The largest absolute Gasteiger partial charge is 0.391 e. The predicted molar refractivity (Wildman–Crippen MR) is 72.1 cm³/mol. The van der Waals surface area contributed by atoms with Crippen LogP contribution in [0.5, 0.6) is 0 Å². The van der Waals surface area contributed by atoms with Crippen molar-refractivity contribution in [3.63, 3.8) is 0 Å². The smallest absolute Gasteiger partial charge is 0.0695 e. The molecule has 0 amide bonds. The van der Waals surface area contributed by atoms with Crippen molar-refractivity contribution >= 4 is 0 Å². The van der Waals surface area contributed by atoms with Gasteiger partial charge in [0.05, 0.1) is 6.10 Å². The fourth-order valence-electron chi connectivity index (χ4n) is 3.24. The van der Waals surface area contributed by atoms with Gasteiger partial charge in [-0.1, -0.05) is 27.2 Å². The van der Waals surface area contributed by atoms with E-state index in [4.69, 9.17) is 0 Å². The molecule has 2 aliphatic carbocycles. The van der Waals surface area contributed by atoms with E-state index in [0.29, 0.717) is 11.5 Å². The number of hydrogen-bond acceptors (Lipinski definition) is 2. The van der Waals surface area contributed by atoms with Crippen LogP contribution in [0.15, 0.2) is 0 Å². The molecule has 0 aliphatic heterocycles. The van der Waals surface area contributed by atoms with Crippen molar-refractivity contribution in [2.75, 3.05) is 6.54 Å². The molecule has 0 bridgehead atoms. The molecule has 0 aromatic carbocycles. The van der Waals surface area contributed by atoms with E-state index in [-0.39, 0.29) is 6.10 Å². The zero-order valence-corrected chi connectivity index (χ0v) is 11.8. The van der Waals surface area contributed by atoms with Crippen LogP contribution in [0.1, 0.15) is 65.7 Å². The highest BCUT2D eigenvalue weighted by molar-refractivity contribution is 4.96. The third-order valence-electron chi connectivity index (χ3n) is 4.53. The molecule has 2 nitrogen and oxygen atoms in total. The van der Waals surface area contributed by atoms with Gasteiger partial charge in [-0.3, -0.25) is 4.90 Å². The molecule has 2 atom stereocenters. The van der Waals surface area contributed by atoms with Crippen molar-refractivity contribution < 1.29 is 5.11 Å². The lowest BCUT2D eigenvalue weighted by atomic mass is 9.73. The summed E-state index contributed by atoms with van der Waals surface area (Å²) in [6, 6.07) is 1.22. The van der Waals surface area contributed by atoms with Crippen LogP contribution >= 0.6 is 0 Å².